The Kier molecular flexibility index (Phi) is 7.23. The lowest BCUT2D eigenvalue weighted by molar-refractivity contribution is 0.573. The van der Waals surface area contributed by atoms with E-state index in [2.05, 4.69) is 28.5 Å². The lowest BCUT2D eigenvalue weighted by Crippen LogP contribution is -2.25. The first-order chi connectivity index (χ1) is 9.60. The molecule has 3 N–H and O–H groups in total. The monoisotopic (exact) mass is 295 g/mol. The van der Waals surface area contributed by atoms with Crippen LogP contribution in [-0.4, -0.2) is 26.5 Å². The van der Waals surface area contributed by atoms with Crippen LogP contribution in [0.15, 0.2) is 23.4 Å². The van der Waals surface area contributed by atoms with Gasteiger partial charge in [-0.05, 0) is 12.5 Å². The van der Waals surface area contributed by atoms with Gasteiger partial charge in [-0.2, -0.15) is 0 Å². The van der Waals surface area contributed by atoms with E-state index in [4.69, 9.17) is 5.73 Å². The normalized spacial score (nSPS) is 10.9. The highest BCUT2D eigenvalue weighted by Gasteiger charge is 2.13. The summed E-state index contributed by atoms with van der Waals surface area (Å²) in [6.45, 7) is 2.79. The van der Waals surface area contributed by atoms with Gasteiger partial charge in [-0.25, -0.2) is 13.1 Å². The summed E-state index contributed by atoms with van der Waals surface area (Å²) in [5.74, 6) is 5.44. The molecule has 1 heterocycles. The van der Waals surface area contributed by atoms with Crippen LogP contribution in [-0.2, 0) is 10.0 Å². The van der Waals surface area contributed by atoms with E-state index in [0.29, 0.717) is 12.1 Å². The maximum atomic E-state index is 12.1. The number of hydrogen-bond donors (Lipinski definition) is 2. The molecule has 0 radical (unpaired) electrons. The van der Waals surface area contributed by atoms with Crippen LogP contribution in [0.3, 0.4) is 0 Å². The first kappa shape index (κ1) is 16.6. The Hall–Kier alpha value is -1.42. The highest BCUT2D eigenvalue weighted by atomic mass is 32.2. The van der Waals surface area contributed by atoms with Crippen LogP contribution < -0.4 is 10.5 Å². The average Bonchev–Trinajstić information content (AvgIpc) is 2.45. The van der Waals surface area contributed by atoms with Gasteiger partial charge in [0, 0.05) is 24.5 Å². The zero-order valence-corrected chi connectivity index (χ0v) is 12.5. The van der Waals surface area contributed by atoms with Crippen molar-refractivity contribution >= 4 is 10.0 Å². The fourth-order valence-electron chi connectivity index (χ4n) is 1.63. The number of aromatic nitrogens is 1. The second-order valence-corrected chi connectivity index (χ2v) is 6.14. The third-order valence-electron chi connectivity index (χ3n) is 2.68. The molecule has 0 aromatic carbocycles. The minimum Gasteiger partial charge on any atom is -0.320 e. The molecule has 20 heavy (non-hydrogen) atoms. The molecule has 6 heteroatoms. The van der Waals surface area contributed by atoms with Crippen molar-refractivity contribution in [3.63, 3.8) is 0 Å². The molecule has 0 fully saturated rings. The van der Waals surface area contributed by atoms with E-state index < -0.39 is 10.0 Å². The molecule has 0 spiro atoms. The number of hydrogen-bond acceptors (Lipinski definition) is 4. The molecule has 0 atom stereocenters. The maximum Gasteiger partial charge on any atom is 0.242 e. The SMILES string of the molecule is CCCCCCNS(=O)(=O)c1cncc(C#CCN)c1. The number of unbranched alkanes of at least 4 members (excludes halogenated alkanes) is 3. The van der Waals surface area contributed by atoms with E-state index >= 15 is 0 Å². The molecular weight excluding hydrogens is 274 g/mol. The number of pyridine rings is 1. The van der Waals surface area contributed by atoms with Gasteiger partial charge in [-0.3, -0.25) is 4.98 Å². The van der Waals surface area contributed by atoms with Gasteiger partial charge in [-0.15, -0.1) is 0 Å². The van der Waals surface area contributed by atoms with Gasteiger partial charge in [0.2, 0.25) is 10.0 Å². The van der Waals surface area contributed by atoms with Gasteiger partial charge in [0.1, 0.15) is 4.90 Å². The molecule has 0 amide bonds. The molecule has 0 aliphatic carbocycles. The van der Waals surface area contributed by atoms with E-state index in [9.17, 15) is 8.42 Å². The summed E-state index contributed by atoms with van der Waals surface area (Å²) in [5.41, 5.74) is 5.83. The first-order valence-electron chi connectivity index (χ1n) is 6.74. The van der Waals surface area contributed by atoms with Gasteiger partial charge in [0.15, 0.2) is 0 Å². The van der Waals surface area contributed by atoms with Gasteiger partial charge in [0.05, 0.1) is 6.54 Å². The molecule has 1 aromatic heterocycles. The minimum absolute atomic E-state index is 0.136. The summed E-state index contributed by atoms with van der Waals surface area (Å²) >= 11 is 0. The highest BCUT2D eigenvalue weighted by Crippen LogP contribution is 2.09. The van der Waals surface area contributed by atoms with Crippen molar-refractivity contribution in [1.82, 2.24) is 9.71 Å². The van der Waals surface area contributed by atoms with Crippen molar-refractivity contribution < 1.29 is 8.42 Å². The molecule has 1 rings (SSSR count). The molecule has 0 aliphatic rings. The maximum absolute atomic E-state index is 12.1. The zero-order chi connectivity index (χ0) is 14.8. The predicted molar refractivity (Wildman–Crippen MR) is 79.5 cm³/mol. The zero-order valence-electron chi connectivity index (χ0n) is 11.7. The van der Waals surface area contributed by atoms with Crippen LogP contribution in [0.25, 0.3) is 0 Å². The molecule has 0 aliphatic heterocycles. The number of nitrogens with zero attached hydrogens (tertiary/aromatic N) is 1. The molecule has 0 unspecified atom stereocenters. The summed E-state index contributed by atoms with van der Waals surface area (Å²) in [6, 6.07) is 1.50. The molecule has 110 valence electrons. The Morgan fingerprint density at radius 1 is 1.30 bits per heavy atom. The molecule has 1 aromatic rings. The van der Waals surface area contributed by atoms with E-state index in [0.717, 1.165) is 25.7 Å². The molecule has 0 bridgehead atoms. The van der Waals surface area contributed by atoms with Crippen molar-refractivity contribution in [2.24, 2.45) is 5.73 Å². The first-order valence-corrected chi connectivity index (χ1v) is 8.22. The number of rotatable bonds is 7. The van der Waals surface area contributed by atoms with E-state index in [-0.39, 0.29) is 11.4 Å². The molecule has 0 saturated heterocycles. The van der Waals surface area contributed by atoms with Crippen molar-refractivity contribution in [2.45, 2.75) is 37.5 Å². The fraction of sp³-hybridized carbons (Fsp3) is 0.500. The van der Waals surface area contributed by atoms with Crippen LogP contribution in [0.5, 0.6) is 0 Å². The topological polar surface area (TPSA) is 85.1 Å². The van der Waals surface area contributed by atoms with Crippen LogP contribution in [0.2, 0.25) is 0 Å². The largest absolute Gasteiger partial charge is 0.320 e. The molecule has 5 nitrogen and oxygen atoms in total. The Balaban J connectivity index is 2.67. The molecule has 0 saturated carbocycles. The number of sulfonamides is 1. The van der Waals surface area contributed by atoms with Crippen molar-refractivity contribution in [3.05, 3.63) is 24.0 Å². The van der Waals surface area contributed by atoms with Gasteiger partial charge < -0.3 is 5.73 Å². The van der Waals surface area contributed by atoms with E-state index in [1.165, 1.54) is 18.5 Å². The number of nitrogens with one attached hydrogen (secondary N) is 1. The Morgan fingerprint density at radius 3 is 2.80 bits per heavy atom. The van der Waals surface area contributed by atoms with Crippen molar-refractivity contribution in [3.8, 4) is 11.8 Å². The Morgan fingerprint density at radius 2 is 2.10 bits per heavy atom. The summed E-state index contributed by atoms with van der Waals surface area (Å²) in [5, 5.41) is 0. The van der Waals surface area contributed by atoms with E-state index in [1.807, 2.05) is 0 Å². The minimum atomic E-state index is -3.51. The fourth-order valence-corrected chi connectivity index (χ4v) is 2.69. The summed E-state index contributed by atoms with van der Waals surface area (Å²) in [6.07, 6.45) is 6.95. The number of nitrogens with two attached hydrogens (primary N) is 1. The van der Waals surface area contributed by atoms with Crippen LogP contribution >= 0.6 is 0 Å². The Bertz CT molecular complexity index is 574. The third kappa shape index (κ3) is 5.70. The second kappa shape index (κ2) is 8.69. The summed E-state index contributed by atoms with van der Waals surface area (Å²) < 4.78 is 26.7. The third-order valence-corrected chi connectivity index (χ3v) is 4.11. The van der Waals surface area contributed by atoms with Crippen LogP contribution in [0, 0.1) is 11.8 Å². The standard InChI is InChI=1S/C14H21N3O2S/c1-2-3-4-5-9-17-20(18,19)14-10-13(7-6-8-15)11-16-12-14/h10-12,17H,2-5,8-9,15H2,1H3. The Labute approximate surface area is 121 Å². The average molecular weight is 295 g/mol. The summed E-state index contributed by atoms with van der Waals surface area (Å²) in [7, 11) is -3.51. The van der Waals surface area contributed by atoms with Crippen molar-refractivity contribution in [2.75, 3.05) is 13.1 Å². The second-order valence-electron chi connectivity index (χ2n) is 4.37. The lowest BCUT2D eigenvalue weighted by Gasteiger charge is -2.06. The quantitative estimate of drug-likeness (QED) is 0.585. The van der Waals surface area contributed by atoms with Gasteiger partial charge >= 0.3 is 0 Å². The highest BCUT2D eigenvalue weighted by molar-refractivity contribution is 7.89. The smallest absolute Gasteiger partial charge is 0.242 e. The predicted octanol–water partition coefficient (Wildman–Crippen LogP) is 1.25. The van der Waals surface area contributed by atoms with Gasteiger partial charge in [0.25, 0.3) is 0 Å². The van der Waals surface area contributed by atoms with Crippen LogP contribution in [0.4, 0.5) is 0 Å². The lowest BCUT2D eigenvalue weighted by atomic mass is 10.2. The van der Waals surface area contributed by atoms with Gasteiger partial charge in [-0.1, -0.05) is 38.0 Å². The van der Waals surface area contributed by atoms with Crippen LogP contribution in [0.1, 0.15) is 38.2 Å². The summed E-state index contributed by atoms with van der Waals surface area (Å²) in [4.78, 5) is 4.03. The van der Waals surface area contributed by atoms with E-state index in [1.54, 1.807) is 0 Å². The molecular formula is C14H21N3O2S. The van der Waals surface area contributed by atoms with Crippen molar-refractivity contribution in [1.29, 1.82) is 0 Å².